The minimum Gasteiger partial charge on any atom is -0.325 e. The van der Waals surface area contributed by atoms with E-state index in [1.165, 1.54) is 0 Å². The Bertz CT molecular complexity index is 17.1. The minimum absolute atomic E-state index is 0.262. The Balaban J connectivity index is 2.19. The second kappa shape index (κ2) is 4.14. The Morgan fingerprint density at radius 3 is 2.60 bits per heavy atom. The minimum atomic E-state index is -0.262. The Morgan fingerprint density at radius 2 is 2.60 bits per heavy atom. The molecular weight excluding hydrogens is 82.1 g/mol. The van der Waals surface area contributed by atoms with E-state index >= 15 is 0 Å². The van der Waals surface area contributed by atoms with Gasteiger partial charge in [-0.05, 0) is 0 Å². The number of hydrogen-bond donors (Lipinski definition) is 2. The van der Waals surface area contributed by atoms with Gasteiger partial charge in [-0.1, -0.05) is 13.0 Å². The largest absolute Gasteiger partial charge is 0.325 e. The molecule has 0 spiro atoms. The van der Waals surface area contributed by atoms with Crippen LogP contribution in [0.3, 0.4) is 0 Å². The first-order valence-corrected chi connectivity index (χ1v) is 3.49. The third-order valence-electron chi connectivity index (χ3n) is 0.362. The van der Waals surface area contributed by atoms with E-state index in [0.717, 1.165) is 6.04 Å². The molecule has 0 aromatic heterocycles. The fourth-order valence-corrected chi connectivity index (χ4v) is 0.335. The van der Waals surface area contributed by atoms with Crippen LogP contribution in [0.25, 0.3) is 0 Å². The summed E-state index contributed by atoms with van der Waals surface area (Å²) in [6, 6.07) is 1.12. The van der Waals surface area contributed by atoms with E-state index < -0.39 is 0 Å². The van der Waals surface area contributed by atoms with E-state index in [2.05, 4.69) is 12.1 Å². The number of nitrogens with one attached hydrogen (secondary N) is 1. The fourth-order valence-electron chi connectivity index (χ4n) is 0.112. The SMILES string of the molecule is CC[SiH2]NO. The highest BCUT2D eigenvalue weighted by molar-refractivity contribution is 6.31. The van der Waals surface area contributed by atoms with Crippen LogP contribution in [-0.2, 0) is 0 Å². The highest BCUT2D eigenvalue weighted by Crippen LogP contribution is 1.60. The van der Waals surface area contributed by atoms with Gasteiger partial charge in [-0.3, -0.25) is 0 Å². The lowest BCUT2D eigenvalue weighted by molar-refractivity contribution is 0.245. The van der Waals surface area contributed by atoms with E-state index in [4.69, 9.17) is 5.21 Å². The van der Waals surface area contributed by atoms with E-state index in [1.807, 2.05) is 0 Å². The van der Waals surface area contributed by atoms with Crippen molar-refractivity contribution in [3.63, 3.8) is 0 Å². The summed E-state index contributed by atoms with van der Waals surface area (Å²) < 4.78 is 0. The molecule has 0 heterocycles. The van der Waals surface area contributed by atoms with Gasteiger partial charge < -0.3 is 5.21 Å². The maximum Gasteiger partial charge on any atom is 0.124 e. The van der Waals surface area contributed by atoms with Crippen LogP contribution in [0.5, 0.6) is 0 Å². The molecule has 2 nitrogen and oxygen atoms in total. The van der Waals surface area contributed by atoms with Crippen molar-refractivity contribution in [2.75, 3.05) is 0 Å². The maximum absolute atomic E-state index is 7.88. The van der Waals surface area contributed by atoms with E-state index in [0.29, 0.717) is 0 Å². The molecule has 0 atom stereocenters. The van der Waals surface area contributed by atoms with Gasteiger partial charge in [0.2, 0.25) is 0 Å². The van der Waals surface area contributed by atoms with E-state index in [9.17, 15) is 0 Å². The molecule has 0 aliphatic rings. The van der Waals surface area contributed by atoms with Crippen molar-refractivity contribution in [3.8, 4) is 0 Å². The van der Waals surface area contributed by atoms with E-state index in [1.54, 1.807) is 0 Å². The second-order valence-corrected chi connectivity index (χ2v) is 2.72. The molecule has 0 amide bonds. The fraction of sp³-hybridized carbons (Fsp3) is 1.00. The van der Waals surface area contributed by atoms with Crippen LogP contribution >= 0.6 is 0 Å². The summed E-state index contributed by atoms with van der Waals surface area (Å²) in [6.07, 6.45) is 0. The highest BCUT2D eigenvalue weighted by atomic mass is 28.2. The van der Waals surface area contributed by atoms with Crippen molar-refractivity contribution in [2.24, 2.45) is 0 Å². The summed E-state index contributed by atoms with van der Waals surface area (Å²) >= 11 is 0. The third-order valence-corrected chi connectivity index (χ3v) is 1.09. The number of hydrogen-bond acceptors (Lipinski definition) is 2. The molecule has 3 heteroatoms. The summed E-state index contributed by atoms with van der Waals surface area (Å²) in [7, 11) is -0.262. The molecule has 2 N–H and O–H groups in total. The zero-order valence-electron chi connectivity index (χ0n) is 3.36. The molecule has 0 aromatic rings. The predicted octanol–water partition coefficient (Wildman–Crippen LogP) is -0.513. The monoisotopic (exact) mass is 91.0 g/mol. The predicted molar refractivity (Wildman–Crippen MR) is 23.9 cm³/mol. The van der Waals surface area contributed by atoms with Crippen molar-refractivity contribution < 1.29 is 5.21 Å². The second-order valence-electron chi connectivity index (χ2n) is 0.908. The molecule has 0 aliphatic carbocycles. The lowest BCUT2D eigenvalue weighted by Crippen LogP contribution is -2.10. The van der Waals surface area contributed by atoms with Crippen LogP contribution in [0.4, 0.5) is 0 Å². The molecule has 0 unspecified atom stereocenters. The zero-order chi connectivity index (χ0) is 4.12. The van der Waals surface area contributed by atoms with Gasteiger partial charge >= 0.3 is 0 Å². The topological polar surface area (TPSA) is 32.3 Å². The average molecular weight is 91.2 g/mol. The Kier molecular flexibility index (Phi) is 4.25. The zero-order valence-corrected chi connectivity index (χ0v) is 4.78. The van der Waals surface area contributed by atoms with Crippen LogP contribution in [0.2, 0.25) is 6.04 Å². The smallest absolute Gasteiger partial charge is 0.124 e. The molecule has 0 rings (SSSR count). The van der Waals surface area contributed by atoms with E-state index in [-0.39, 0.29) is 9.68 Å². The van der Waals surface area contributed by atoms with Crippen molar-refractivity contribution in [2.45, 2.75) is 13.0 Å². The number of rotatable bonds is 2. The summed E-state index contributed by atoms with van der Waals surface area (Å²) in [5.41, 5.74) is 0. The quantitative estimate of drug-likeness (QED) is 0.354. The van der Waals surface area contributed by atoms with Crippen LogP contribution < -0.4 is 5.15 Å². The normalized spacial score (nSPS) is 10.8. The van der Waals surface area contributed by atoms with Gasteiger partial charge in [0.1, 0.15) is 9.68 Å². The molecule has 0 radical (unpaired) electrons. The van der Waals surface area contributed by atoms with Crippen LogP contribution in [0.15, 0.2) is 0 Å². The van der Waals surface area contributed by atoms with Gasteiger partial charge in [-0.15, -0.1) is 0 Å². The molecule has 0 bridgehead atoms. The van der Waals surface area contributed by atoms with Gasteiger partial charge in [-0.25, -0.2) is 5.15 Å². The van der Waals surface area contributed by atoms with Gasteiger partial charge in [0.15, 0.2) is 0 Å². The van der Waals surface area contributed by atoms with Gasteiger partial charge in [-0.2, -0.15) is 0 Å². The van der Waals surface area contributed by atoms with Gasteiger partial charge in [0.25, 0.3) is 0 Å². The summed E-state index contributed by atoms with van der Waals surface area (Å²) in [5, 5.41) is 10.0. The van der Waals surface area contributed by atoms with Crippen LogP contribution in [-0.4, -0.2) is 14.9 Å². The highest BCUT2D eigenvalue weighted by Gasteiger charge is 1.69. The molecule has 0 aliphatic heterocycles. The van der Waals surface area contributed by atoms with Crippen LogP contribution in [0, 0.1) is 0 Å². The van der Waals surface area contributed by atoms with Crippen molar-refractivity contribution in [1.82, 2.24) is 5.15 Å². The summed E-state index contributed by atoms with van der Waals surface area (Å²) in [6.45, 7) is 2.05. The Labute approximate surface area is 34.1 Å². The maximum atomic E-state index is 7.88. The first kappa shape index (κ1) is 5.14. The standard InChI is InChI=1S/C2H9NOSi/c1-2-5-3-4/h3-4H,2,5H2,1H3. The van der Waals surface area contributed by atoms with Gasteiger partial charge in [0.05, 0.1) is 0 Å². The average Bonchev–Trinajstić information content (AvgIpc) is 1.41. The first-order chi connectivity index (χ1) is 2.41. The molecule has 0 aromatic carbocycles. The first-order valence-electron chi connectivity index (χ1n) is 1.78. The molecular formula is C2H9NOSi. The molecule has 0 saturated heterocycles. The third kappa shape index (κ3) is 4.14. The lowest BCUT2D eigenvalue weighted by Gasteiger charge is -1.81. The summed E-state index contributed by atoms with van der Waals surface area (Å²) in [5.74, 6) is 0. The Hall–Kier alpha value is 0.137. The van der Waals surface area contributed by atoms with Crippen molar-refractivity contribution >= 4 is 9.68 Å². The molecule has 0 fully saturated rings. The van der Waals surface area contributed by atoms with Crippen molar-refractivity contribution in [3.05, 3.63) is 0 Å². The van der Waals surface area contributed by atoms with Gasteiger partial charge in [0, 0.05) is 0 Å². The molecule has 0 saturated carbocycles. The van der Waals surface area contributed by atoms with Crippen molar-refractivity contribution in [1.29, 1.82) is 0 Å². The van der Waals surface area contributed by atoms with Crippen LogP contribution in [0.1, 0.15) is 6.92 Å². The summed E-state index contributed by atoms with van der Waals surface area (Å²) in [4.78, 5) is 0. The lowest BCUT2D eigenvalue weighted by atomic mass is 11.0. The Morgan fingerprint density at radius 1 is 2.00 bits per heavy atom. The molecule has 5 heavy (non-hydrogen) atoms. The molecule has 32 valence electrons.